The summed E-state index contributed by atoms with van der Waals surface area (Å²) >= 11 is 19.7. The van der Waals surface area contributed by atoms with Crippen molar-refractivity contribution in [1.29, 1.82) is 0 Å². The SMILES string of the molecule is CC(C)(C)N1CCC(c2cc(-c3ccc(F)cc3Cl)n3ccc(=O)c(-c4c(Cl)cccc4Cl)c3c2)CC1. The quantitative estimate of drug-likeness (QED) is 0.252. The van der Waals surface area contributed by atoms with Gasteiger partial charge in [0.25, 0.3) is 0 Å². The number of piperidine rings is 1. The lowest BCUT2D eigenvalue weighted by atomic mass is 9.86. The fraction of sp³-hybridized carbons (Fsp3) is 0.300. The highest BCUT2D eigenvalue weighted by molar-refractivity contribution is 6.39. The first kappa shape index (κ1) is 26.2. The van der Waals surface area contributed by atoms with Crippen LogP contribution in [0.25, 0.3) is 27.9 Å². The van der Waals surface area contributed by atoms with Gasteiger partial charge in [-0.05, 0) is 101 Å². The van der Waals surface area contributed by atoms with Gasteiger partial charge < -0.3 is 4.40 Å². The van der Waals surface area contributed by atoms with Crippen molar-refractivity contribution in [2.45, 2.75) is 45.1 Å². The normalized spacial score (nSPS) is 15.4. The van der Waals surface area contributed by atoms with E-state index in [9.17, 15) is 9.18 Å². The van der Waals surface area contributed by atoms with E-state index in [2.05, 4.69) is 37.8 Å². The van der Waals surface area contributed by atoms with E-state index in [1.807, 2.05) is 4.40 Å². The van der Waals surface area contributed by atoms with E-state index in [1.54, 1.807) is 30.5 Å². The van der Waals surface area contributed by atoms with E-state index in [-0.39, 0.29) is 11.0 Å². The number of fused-ring (bicyclic) bond motifs is 1. The van der Waals surface area contributed by atoms with Gasteiger partial charge in [-0.15, -0.1) is 0 Å². The molecule has 1 fully saturated rings. The molecule has 1 saturated heterocycles. The fourth-order valence-electron chi connectivity index (χ4n) is 5.34. The predicted octanol–water partition coefficient (Wildman–Crippen LogP) is 8.71. The third-order valence-corrected chi connectivity index (χ3v) is 8.28. The Morgan fingerprint density at radius 2 is 1.54 bits per heavy atom. The zero-order valence-electron chi connectivity index (χ0n) is 21.0. The van der Waals surface area contributed by atoms with Crippen molar-refractivity contribution < 1.29 is 4.39 Å². The van der Waals surface area contributed by atoms with Crippen LogP contribution in [0.1, 0.15) is 45.1 Å². The van der Waals surface area contributed by atoms with Gasteiger partial charge in [-0.3, -0.25) is 9.69 Å². The van der Waals surface area contributed by atoms with Crippen molar-refractivity contribution in [2.75, 3.05) is 13.1 Å². The van der Waals surface area contributed by atoms with Crippen LogP contribution in [0.4, 0.5) is 4.39 Å². The molecule has 4 aromatic rings. The summed E-state index contributed by atoms with van der Waals surface area (Å²) in [5.41, 5.74) is 4.14. The van der Waals surface area contributed by atoms with E-state index in [4.69, 9.17) is 34.8 Å². The third-order valence-electron chi connectivity index (χ3n) is 7.34. The Morgan fingerprint density at radius 3 is 2.16 bits per heavy atom. The lowest BCUT2D eigenvalue weighted by molar-refractivity contribution is 0.102. The molecule has 0 spiro atoms. The highest BCUT2D eigenvalue weighted by Crippen LogP contribution is 2.40. The number of hydrogen-bond acceptors (Lipinski definition) is 2. The molecule has 5 rings (SSSR count). The molecule has 7 heteroatoms. The van der Waals surface area contributed by atoms with Gasteiger partial charge in [0.15, 0.2) is 5.43 Å². The van der Waals surface area contributed by atoms with Crippen molar-refractivity contribution >= 4 is 40.3 Å². The largest absolute Gasteiger partial charge is 0.316 e. The minimum Gasteiger partial charge on any atom is -0.316 e. The van der Waals surface area contributed by atoms with Crippen LogP contribution in [0.3, 0.4) is 0 Å². The molecule has 3 nitrogen and oxygen atoms in total. The van der Waals surface area contributed by atoms with Crippen molar-refractivity contribution in [3.63, 3.8) is 0 Å². The minimum absolute atomic E-state index is 0.114. The summed E-state index contributed by atoms with van der Waals surface area (Å²) in [6, 6.07) is 15.3. The second-order valence-corrected chi connectivity index (χ2v) is 11.9. The summed E-state index contributed by atoms with van der Waals surface area (Å²) in [5.74, 6) is -0.106. The van der Waals surface area contributed by atoms with Crippen molar-refractivity contribution in [2.24, 2.45) is 0 Å². The summed E-state index contributed by atoms with van der Waals surface area (Å²) in [6.45, 7) is 8.69. The van der Waals surface area contributed by atoms with E-state index in [0.717, 1.165) is 37.2 Å². The van der Waals surface area contributed by atoms with Crippen molar-refractivity contribution in [3.05, 3.63) is 97.5 Å². The molecule has 0 aliphatic carbocycles. The third kappa shape index (κ3) is 5.05. The molecule has 0 amide bonds. The highest BCUT2D eigenvalue weighted by atomic mass is 35.5. The highest BCUT2D eigenvalue weighted by Gasteiger charge is 2.29. The van der Waals surface area contributed by atoms with Crippen LogP contribution in [0.15, 0.2) is 65.6 Å². The standard InChI is InChI=1S/C30H28Cl3FN2O/c1-30(2,3)35-12-9-18(10-13-35)19-15-25(21-8-7-20(34)17-24(21)33)36-14-11-27(37)29(26(36)16-19)28-22(31)5-4-6-23(28)32/h4-8,11,14-18H,9-10,12-13H2,1-3H3. The zero-order chi connectivity index (χ0) is 26.5. The van der Waals surface area contributed by atoms with Crippen molar-refractivity contribution in [3.8, 4) is 22.4 Å². The van der Waals surface area contributed by atoms with Crippen LogP contribution < -0.4 is 5.43 Å². The van der Waals surface area contributed by atoms with E-state index < -0.39 is 5.82 Å². The molecule has 192 valence electrons. The molecule has 1 aliphatic heterocycles. The summed E-state index contributed by atoms with van der Waals surface area (Å²) in [6.07, 6.45) is 3.71. The first-order chi connectivity index (χ1) is 17.5. The Kier molecular flexibility index (Phi) is 7.14. The predicted molar refractivity (Wildman–Crippen MR) is 153 cm³/mol. The van der Waals surface area contributed by atoms with E-state index in [0.29, 0.717) is 43.2 Å². The Bertz CT molecular complexity index is 1530. The van der Waals surface area contributed by atoms with Crippen LogP contribution in [0.2, 0.25) is 15.1 Å². The molecule has 3 heterocycles. The molecule has 0 saturated carbocycles. The molecule has 37 heavy (non-hydrogen) atoms. The number of likely N-dealkylation sites (tertiary alicyclic amines) is 1. The smallest absolute Gasteiger partial charge is 0.190 e. The van der Waals surface area contributed by atoms with Gasteiger partial charge in [-0.25, -0.2) is 4.39 Å². The number of rotatable bonds is 3. The molecule has 0 N–H and O–H groups in total. The molecule has 1 aliphatic rings. The number of pyridine rings is 2. The first-order valence-corrected chi connectivity index (χ1v) is 13.5. The molecule has 2 aromatic carbocycles. The zero-order valence-corrected chi connectivity index (χ0v) is 23.3. The van der Waals surface area contributed by atoms with Crippen LogP contribution in [-0.2, 0) is 0 Å². The minimum atomic E-state index is -0.404. The Balaban J connectivity index is 1.77. The van der Waals surface area contributed by atoms with E-state index >= 15 is 0 Å². The van der Waals surface area contributed by atoms with Crippen molar-refractivity contribution in [1.82, 2.24) is 9.30 Å². The molecule has 2 aromatic heterocycles. The summed E-state index contributed by atoms with van der Waals surface area (Å²) < 4.78 is 15.9. The summed E-state index contributed by atoms with van der Waals surface area (Å²) in [5, 5.41) is 1.11. The monoisotopic (exact) mass is 556 g/mol. The topological polar surface area (TPSA) is 24.7 Å². The molecule has 0 bridgehead atoms. The maximum Gasteiger partial charge on any atom is 0.190 e. The molecule has 0 atom stereocenters. The number of aromatic nitrogens is 1. The Hall–Kier alpha value is -2.37. The number of hydrogen-bond donors (Lipinski definition) is 0. The number of benzene rings is 2. The summed E-state index contributed by atoms with van der Waals surface area (Å²) in [4.78, 5) is 15.8. The van der Waals surface area contributed by atoms with Gasteiger partial charge in [0, 0.05) is 28.9 Å². The van der Waals surface area contributed by atoms with Gasteiger partial charge >= 0.3 is 0 Å². The maximum atomic E-state index is 13.9. The van der Waals surface area contributed by atoms with Gasteiger partial charge in [-0.2, -0.15) is 0 Å². The average Bonchev–Trinajstić information content (AvgIpc) is 2.84. The number of nitrogens with zero attached hydrogens (tertiary/aromatic N) is 2. The Morgan fingerprint density at radius 1 is 0.865 bits per heavy atom. The molecular formula is C30H28Cl3FN2O. The molecule has 0 radical (unpaired) electrons. The molecule has 0 unspecified atom stereocenters. The molecular weight excluding hydrogens is 530 g/mol. The van der Waals surface area contributed by atoms with Gasteiger partial charge in [0.05, 0.1) is 31.8 Å². The number of halogens is 4. The van der Waals surface area contributed by atoms with Crippen LogP contribution in [0, 0.1) is 5.82 Å². The summed E-state index contributed by atoms with van der Waals surface area (Å²) in [7, 11) is 0. The second kappa shape index (κ2) is 10.1. The van der Waals surface area contributed by atoms with Gasteiger partial charge in [0.2, 0.25) is 0 Å². The fourth-order valence-corrected chi connectivity index (χ4v) is 6.19. The second-order valence-electron chi connectivity index (χ2n) is 10.6. The van der Waals surface area contributed by atoms with Crippen LogP contribution in [0.5, 0.6) is 0 Å². The maximum absolute atomic E-state index is 13.9. The van der Waals surface area contributed by atoms with Crippen LogP contribution >= 0.6 is 34.8 Å². The first-order valence-electron chi connectivity index (χ1n) is 12.4. The van der Waals surface area contributed by atoms with Gasteiger partial charge in [0.1, 0.15) is 5.82 Å². The van der Waals surface area contributed by atoms with Gasteiger partial charge in [-0.1, -0.05) is 40.9 Å². The lowest BCUT2D eigenvalue weighted by Crippen LogP contribution is -2.45. The lowest BCUT2D eigenvalue weighted by Gasteiger charge is -2.41. The van der Waals surface area contributed by atoms with Crippen LogP contribution in [-0.4, -0.2) is 27.9 Å². The Labute approximate surface area is 231 Å². The average molecular weight is 558 g/mol. The van der Waals surface area contributed by atoms with E-state index in [1.165, 1.54) is 18.2 Å².